The molecule has 6 atom stereocenters. The van der Waals surface area contributed by atoms with Crippen molar-refractivity contribution in [2.75, 3.05) is 14.2 Å². The second-order valence-electron chi connectivity index (χ2n) is 11.4. The van der Waals surface area contributed by atoms with E-state index >= 15 is 0 Å². The number of carbonyl (C=O) groups excluding carboxylic acids is 1. The second-order valence-corrected chi connectivity index (χ2v) is 11.4. The normalized spacial score (nSPS) is 36.2. The van der Waals surface area contributed by atoms with Gasteiger partial charge in [-0.2, -0.15) is 0 Å². The molecule has 35 heavy (non-hydrogen) atoms. The lowest BCUT2D eigenvalue weighted by Gasteiger charge is -2.55. The Balaban J connectivity index is 1.38. The van der Waals surface area contributed by atoms with Gasteiger partial charge in [0.25, 0.3) is 0 Å². The van der Waals surface area contributed by atoms with Crippen LogP contribution in [0.4, 0.5) is 0 Å². The van der Waals surface area contributed by atoms with Crippen LogP contribution in [-0.2, 0) is 10.4 Å². The summed E-state index contributed by atoms with van der Waals surface area (Å²) in [4.78, 5) is 25.0. The van der Waals surface area contributed by atoms with Crippen LogP contribution in [-0.4, -0.2) is 25.1 Å². The van der Waals surface area contributed by atoms with Crippen LogP contribution < -0.4 is 15.1 Å². The number of rotatable bonds is 3. The van der Waals surface area contributed by atoms with Crippen molar-refractivity contribution < 1.29 is 23.8 Å². The van der Waals surface area contributed by atoms with E-state index in [1.165, 1.54) is 12.7 Å². The van der Waals surface area contributed by atoms with Crippen molar-refractivity contribution in [1.82, 2.24) is 0 Å². The second kappa shape index (κ2) is 7.95. The predicted molar refractivity (Wildman–Crippen MR) is 132 cm³/mol. The lowest BCUT2D eigenvalue weighted by atomic mass is 9.50. The van der Waals surface area contributed by atoms with Crippen molar-refractivity contribution in [3.63, 3.8) is 0 Å². The van der Waals surface area contributed by atoms with Crippen LogP contribution >= 0.6 is 0 Å². The lowest BCUT2D eigenvalue weighted by molar-refractivity contribution is -0.134. The van der Waals surface area contributed by atoms with Gasteiger partial charge in [-0.25, -0.2) is 4.79 Å². The smallest absolute Gasteiger partial charge is 0.344 e. The van der Waals surface area contributed by atoms with Crippen molar-refractivity contribution in [1.29, 1.82) is 0 Å². The molecule has 6 heteroatoms. The minimum Gasteiger partial charge on any atom is -0.493 e. The fourth-order valence-corrected chi connectivity index (χ4v) is 8.32. The minimum absolute atomic E-state index is 0.283. The van der Waals surface area contributed by atoms with Crippen molar-refractivity contribution >= 4 is 16.6 Å². The fourth-order valence-electron chi connectivity index (χ4n) is 8.32. The summed E-state index contributed by atoms with van der Waals surface area (Å²) in [5, 5.41) is 13.3. The fraction of sp³-hybridized carbons (Fsp3) is 0.586. The predicted octanol–water partition coefficient (Wildman–Crippen LogP) is 5.14. The summed E-state index contributed by atoms with van der Waals surface area (Å²) >= 11 is 0. The first-order chi connectivity index (χ1) is 16.8. The average molecular weight is 479 g/mol. The molecule has 0 spiro atoms. The number of allylic oxidation sites excluding steroid dienone is 1. The Morgan fingerprint density at radius 1 is 0.943 bits per heavy atom. The summed E-state index contributed by atoms with van der Waals surface area (Å²) < 4.78 is 16.6. The SMILES string of the molecule is COc1cc2cc([C@]3(O)CC[C@H]4[C@@H]5CCC6=CC(=O)CC[C@@H]6[C@H]5CC[C@@]43C)oc(=O)c2cc1OC. The van der Waals surface area contributed by atoms with E-state index in [-0.39, 0.29) is 11.2 Å². The number of hydrogen-bond acceptors (Lipinski definition) is 6. The van der Waals surface area contributed by atoms with Gasteiger partial charge in [0.05, 0.1) is 19.6 Å². The van der Waals surface area contributed by atoms with Crippen molar-refractivity contribution in [2.24, 2.45) is 29.1 Å². The van der Waals surface area contributed by atoms with E-state index < -0.39 is 11.2 Å². The first kappa shape index (κ1) is 22.8. The zero-order chi connectivity index (χ0) is 24.5. The van der Waals surface area contributed by atoms with E-state index in [4.69, 9.17) is 13.9 Å². The highest BCUT2D eigenvalue weighted by molar-refractivity contribution is 5.91. The molecule has 1 heterocycles. The summed E-state index contributed by atoms with van der Waals surface area (Å²) in [5.74, 6) is 3.68. The molecule has 3 saturated carbocycles. The molecular formula is C29H34O6. The molecule has 186 valence electrons. The summed E-state index contributed by atoms with van der Waals surface area (Å²) in [5.41, 5.74) is -0.654. The van der Waals surface area contributed by atoms with E-state index in [2.05, 4.69) is 6.92 Å². The third-order valence-electron chi connectivity index (χ3n) is 10.1. The van der Waals surface area contributed by atoms with Crippen LogP contribution in [0.2, 0.25) is 0 Å². The number of carbonyl (C=O) groups is 1. The number of hydrogen-bond donors (Lipinski definition) is 1. The van der Waals surface area contributed by atoms with E-state index in [0.717, 1.165) is 38.5 Å². The van der Waals surface area contributed by atoms with E-state index in [0.29, 0.717) is 64.5 Å². The molecular weight excluding hydrogens is 444 g/mol. The van der Waals surface area contributed by atoms with E-state index in [9.17, 15) is 14.7 Å². The number of benzene rings is 1. The van der Waals surface area contributed by atoms with Crippen LogP contribution in [0.3, 0.4) is 0 Å². The third-order valence-corrected chi connectivity index (χ3v) is 10.1. The third kappa shape index (κ3) is 3.18. The number of ketones is 1. The summed E-state index contributed by atoms with van der Waals surface area (Å²) in [6.07, 6.45) is 9.09. The van der Waals surface area contributed by atoms with Crippen molar-refractivity contribution in [3.8, 4) is 11.5 Å². The van der Waals surface area contributed by atoms with Gasteiger partial charge in [0.15, 0.2) is 17.3 Å². The summed E-state index contributed by atoms with van der Waals surface area (Å²) in [7, 11) is 3.10. The van der Waals surface area contributed by atoms with Crippen LogP contribution in [0.15, 0.2) is 39.1 Å². The molecule has 0 saturated heterocycles. The van der Waals surface area contributed by atoms with Gasteiger partial charge >= 0.3 is 5.63 Å². The van der Waals surface area contributed by atoms with Crippen molar-refractivity contribution in [3.05, 3.63) is 46.0 Å². The van der Waals surface area contributed by atoms with Gasteiger partial charge in [0, 0.05) is 11.8 Å². The van der Waals surface area contributed by atoms with Gasteiger partial charge in [-0.1, -0.05) is 12.5 Å². The summed E-state index contributed by atoms with van der Waals surface area (Å²) in [6.45, 7) is 2.20. The largest absolute Gasteiger partial charge is 0.493 e. The first-order valence-electron chi connectivity index (χ1n) is 12.9. The number of aliphatic hydroxyl groups is 1. The summed E-state index contributed by atoms with van der Waals surface area (Å²) in [6, 6.07) is 5.25. The average Bonchev–Trinajstić information content (AvgIpc) is 3.14. The Morgan fingerprint density at radius 2 is 1.71 bits per heavy atom. The molecule has 6 nitrogen and oxygen atoms in total. The van der Waals surface area contributed by atoms with Gasteiger partial charge in [0.2, 0.25) is 0 Å². The lowest BCUT2D eigenvalue weighted by Crippen LogP contribution is -2.51. The minimum atomic E-state index is -1.19. The number of fused-ring (bicyclic) bond motifs is 6. The standard InChI is InChI=1S/C29H34O6/c1-28-10-8-20-19-7-5-18(30)12-16(19)4-6-21(20)23(28)9-11-29(28,32)26-14-17-13-24(33-2)25(34-3)15-22(17)27(31)35-26/h12-15,19-21,23,32H,4-11H2,1-3H3/t19-,20+,21+,23-,28-,29+/m0/s1. The zero-order valence-corrected chi connectivity index (χ0v) is 20.8. The molecule has 1 N–H and O–H groups in total. The molecule has 0 bridgehead atoms. The van der Waals surface area contributed by atoms with Crippen LogP contribution in [0.25, 0.3) is 10.8 Å². The van der Waals surface area contributed by atoms with Crippen LogP contribution in [0.5, 0.6) is 11.5 Å². The zero-order valence-electron chi connectivity index (χ0n) is 20.8. The first-order valence-corrected chi connectivity index (χ1v) is 12.9. The Bertz CT molecular complexity index is 1290. The molecule has 0 radical (unpaired) electrons. The Morgan fingerprint density at radius 3 is 2.49 bits per heavy atom. The van der Waals surface area contributed by atoms with E-state index in [1.54, 1.807) is 19.2 Å². The maximum atomic E-state index is 13.0. The molecule has 0 aliphatic heterocycles. The highest BCUT2D eigenvalue weighted by Crippen LogP contribution is 2.67. The molecule has 0 amide bonds. The Kier molecular flexibility index (Phi) is 5.19. The van der Waals surface area contributed by atoms with Crippen molar-refractivity contribution in [2.45, 2.75) is 63.9 Å². The Labute approximate surface area is 205 Å². The van der Waals surface area contributed by atoms with Gasteiger partial charge in [-0.05, 0) is 98.3 Å². The van der Waals surface area contributed by atoms with Gasteiger partial charge in [0.1, 0.15) is 11.4 Å². The topological polar surface area (TPSA) is 86.0 Å². The molecule has 2 aromatic rings. The molecule has 0 unspecified atom stereocenters. The molecule has 4 aliphatic carbocycles. The monoisotopic (exact) mass is 478 g/mol. The van der Waals surface area contributed by atoms with Gasteiger partial charge in [-0.3, -0.25) is 4.79 Å². The molecule has 1 aromatic carbocycles. The van der Waals surface area contributed by atoms with Gasteiger partial charge in [-0.15, -0.1) is 0 Å². The highest BCUT2D eigenvalue weighted by atomic mass is 16.5. The number of methoxy groups -OCH3 is 2. The molecule has 6 rings (SSSR count). The Hall–Kier alpha value is -2.60. The molecule has 4 aliphatic rings. The maximum absolute atomic E-state index is 13.0. The number of ether oxygens (including phenoxy) is 2. The van der Waals surface area contributed by atoms with Gasteiger partial charge < -0.3 is 19.0 Å². The van der Waals surface area contributed by atoms with Crippen LogP contribution in [0, 0.1) is 29.1 Å². The highest BCUT2D eigenvalue weighted by Gasteiger charge is 2.64. The quantitative estimate of drug-likeness (QED) is 0.657. The molecule has 1 aromatic heterocycles. The molecule has 3 fully saturated rings. The van der Waals surface area contributed by atoms with E-state index in [1.807, 2.05) is 12.1 Å². The maximum Gasteiger partial charge on any atom is 0.344 e. The van der Waals surface area contributed by atoms with Crippen LogP contribution in [0.1, 0.15) is 64.1 Å².